The van der Waals surface area contributed by atoms with Crippen molar-refractivity contribution in [2.75, 3.05) is 11.9 Å². The van der Waals surface area contributed by atoms with Gasteiger partial charge >= 0.3 is 6.03 Å². The highest BCUT2D eigenvalue weighted by Crippen LogP contribution is 2.24. The lowest BCUT2D eigenvalue weighted by atomic mass is 10.2. The van der Waals surface area contributed by atoms with Gasteiger partial charge in [0.15, 0.2) is 0 Å². The Kier molecular flexibility index (Phi) is 5.13. The van der Waals surface area contributed by atoms with Gasteiger partial charge in [-0.05, 0) is 36.4 Å². The Morgan fingerprint density at radius 3 is 2.63 bits per heavy atom. The van der Waals surface area contributed by atoms with Crippen LogP contribution >= 0.6 is 0 Å². The van der Waals surface area contributed by atoms with Crippen molar-refractivity contribution in [2.45, 2.75) is 0 Å². The summed E-state index contributed by atoms with van der Waals surface area (Å²) in [6.07, 6.45) is 1.36. The van der Waals surface area contributed by atoms with Gasteiger partial charge < -0.3 is 15.1 Å². The van der Waals surface area contributed by atoms with Crippen LogP contribution in [0.1, 0.15) is 5.76 Å². The molecule has 1 aliphatic heterocycles. The largest absolute Gasteiger partial charge is 0.457 e. The molecule has 4 rings (SSSR count). The van der Waals surface area contributed by atoms with Crippen LogP contribution in [0, 0.1) is 5.82 Å². The van der Waals surface area contributed by atoms with Gasteiger partial charge in [0.2, 0.25) is 5.91 Å². The minimum Gasteiger partial charge on any atom is -0.457 e. The maximum atomic E-state index is 13.4. The molecular weight excluding hydrogens is 389 g/mol. The zero-order chi connectivity index (χ0) is 21.1. The number of anilines is 1. The molecule has 2 heterocycles. The molecule has 1 aliphatic rings. The number of nitrogens with zero attached hydrogens (tertiary/aromatic N) is 1. The third-order valence-corrected chi connectivity index (χ3v) is 4.34. The lowest BCUT2D eigenvalue weighted by Crippen LogP contribution is -2.38. The minimum atomic E-state index is -0.702. The van der Waals surface area contributed by atoms with Crippen LogP contribution in [0.2, 0.25) is 0 Å². The highest BCUT2D eigenvalue weighted by Gasteiger charge is 2.35. The molecular formula is C22H16FN3O4. The van der Waals surface area contributed by atoms with Crippen molar-refractivity contribution >= 4 is 29.6 Å². The number of nitrogens with one attached hydrogen (secondary N) is 2. The van der Waals surface area contributed by atoms with Crippen molar-refractivity contribution in [2.24, 2.45) is 0 Å². The van der Waals surface area contributed by atoms with Gasteiger partial charge in [-0.3, -0.25) is 9.59 Å². The molecule has 8 heteroatoms. The van der Waals surface area contributed by atoms with Crippen LogP contribution in [-0.4, -0.2) is 29.3 Å². The molecule has 150 valence electrons. The van der Waals surface area contributed by atoms with Gasteiger partial charge in [0.25, 0.3) is 5.91 Å². The smallest absolute Gasteiger partial charge is 0.329 e. The molecule has 0 aliphatic carbocycles. The number of rotatable bonds is 5. The van der Waals surface area contributed by atoms with Crippen LogP contribution < -0.4 is 10.6 Å². The van der Waals surface area contributed by atoms with E-state index in [-0.39, 0.29) is 5.70 Å². The number of amides is 4. The van der Waals surface area contributed by atoms with E-state index in [1.54, 1.807) is 54.6 Å². The zero-order valence-electron chi connectivity index (χ0n) is 15.6. The first-order chi connectivity index (χ1) is 14.5. The summed E-state index contributed by atoms with van der Waals surface area (Å²) in [5.74, 6) is -0.832. The fraction of sp³-hybridized carbons (Fsp3) is 0.0455. The van der Waals surface area contributed by atoms with Crippen LogP contribution in [0.25, 0.3) is 17.4 Å². The highest BCUT2D eigenvalue weighted by molar-refractivity contribution is 6.15. The predicted molar refractivity (Wildman–Crippen MR) is 107 cm³/mol. The topological polar surface area (TPSA) is 91.7 Å². The van der Waals surface area contributed by atoms with Crippen LogP contribution in [0.15, 0.2) is 76.8 Å². The van der Waals surface area contributed by atoms with E-state index in [1.807, 2.05) is 0 Å². The Morgan fingerprint density at radius 1 is 1.07 bits per heavy atom. The number of carbonyl (C=O) groups is 3. The Morgan fingerprint density at radius 2 is 1.87 bits per heavy atom. The van der Waals surface area contributed by atoms with E-state index in [1.165, 1.54) is 18.2 Å². The van der Waals surface area contributed by atoms with Gasteiger partial charge in [-0.2, -0.15) is 0 Å². The van der Waals surface area contributed by atoms with Crippen LogP contribution in [-0.2, 0) is 9.59 Å². The molecule has 0 spiro atoms. The normalized spacial score (nSPS) is 14.8. The molecule has 3 aromatic rings. The van der Waals surface area contributed by atoms with Crippen LogP contribution in [0.3, 0.4) is 0 Å². The average molecular weight is 405 g/mol. The van der Waals surface area contributed by atoms with E-state index in [0.717, 1.165) is 4.90 Å². The van der Waals surface area contributed by atoms with Crippen LogP contribution in [0.5, 0.6) is 0 Å². The summed E-state index contributed by atoms with van der Waals surface area (Å²) in [6.45, 7) is -0.427. The van der Waals surface area contributed by atoms with Gasteiger partial charge in [-0.15, -0.1) is 0 Å². The van der Waals surface area contributed by atoms with Crippen molar-refractivity contribution in [1.29, 1.82) is 0 Å². The second kappa shape index (κ2) is 8.04. The van der Waals surface area contributed by atoms with Gasteiger partial charge in [0, 0.05) is 17.3 Å². The van der Waals surface area contributed by atoms with Gasteiger partial charge in [-0.1, -0.05) is 30.3 Å². The van der Waals surface area contributed by atoms with E-state index >= 15 is 0 Å². The summed E-state index contributed by atoms with van der Waals surface area (Å²) in [6, 6.07) is 17.1. The average Bonchev–Trinajstić information content (AvgIpc) is 3.29. The first-order valence-electron chi connectivity index (χ1n) is 9.05. The Bertz CT molecular complexity index is 1150. The molecule has 4 amide bonds. The Balaban J connectivity index is 1.46. The number of hydrogen-bond acceptors (Lipinski definition) is 4. The van der Waals surface area contributed by atoms with E-state index in [2.05, 4.69) is 10.6 Å². The summed E-state index contributed by atoms with van der Waals surface area (Å²) in [4.78, 5) is 37.6. The molecule has 0 saturated carbocycles. The quantitative estimate of drug-likeness (QED) is 0.501. The number of hydrogen-bond donors (Lipinski definition) is 2. The van der Waals surface area contributed by atoms with E-state index in [0.29, 0.717) is 22.8 Å². The third-order valence-electron chi connectivity index (χ3n) is 4.34. The molecule has 0 radical (unpaired) electrons. The zero-order valence-corrected chi connectivity index (χ0v) is 15.6. The number of halogens is 1. The molecule has 0 unspecified atom stereocenters. The summed E-state index contributed by atoms with van der Waals surface area (Å²) in [5.41, 5.74) is 1.08. The third kappa shape index (κ3) is 4.12. The second-order valence-electron chi connectivity index (χ2n) is 6.51. The molecule has 7 nitrogen and oxygen atoms in total. The number of imide groups is 1. The van der Waals surface area contributed by atoms with E-state index in [4.69, 9.17) is 4.42 Å². The van der Waals surface area contributed by atoms with Gasteiger partial charge in [0.05, 0.1) is 0 Å². The highest BCUT2D eigenvalue weighted by atomic mass is 19.1. The van der Waals surface area contributed by atoms with Crippen molar-refractivity contribution in [3.05, 3.63) is 84.0 Å². The molecule has 1 aromatic heterocycles. The van der Waals surface area contributed by atoms with Crippen LogP contribution in [0.4, 0.5) is 14.9 Å². The number of carbonyl (C=O) groups excluding carboxylic acids is 3. The molecule has 0 bridgehead atoms. The van der Waals surface area contributed by atoms with Crippen molar-refractivity contribution in [3.63, 3.8) is 0 Å². The lowest BCUT2D eigenvalue weighted by molar-refractivity contribution is -0.127. The summed E-state index contributed by atoms with van der Waals surface area (Å²) in [7, 11) is 0. The number of urea groups is 1. The van der Waals surface area contributed by atoms with E-state index in [9.17, 15) is 18.8 Å². The predicted octanol–water partition coefficient (Wildman–Crippen LogP) is 3.62. The monoisotopic (exact) mass is 405 g/mol. The number of benzene rings is 2. The molecule has 1 fully saturated rings. The Hall–Kier alpha value is -4.20. The first kappa shape index (κ1) is 19.1. The van der Waals surface area contributed by atoms with Gasteiger partial charge in [0.1, 0.15) is 29.6 Å². The maximum absolute atomic E-state index is 13.4. The molecule has 2 aromatic carbocycles. The fourth-order valence-corrected chi connectivity index (χ4v) is 2.95. The summed E-state index contributed by atoms with van der Waals surface area (Å²) >= 11 is 0. The molecule has 2 N–H and O–H groups in total. The Labute approximate surface area is 170 Å². The second-order valence-corrected chi connectivity index (χ2v) is 6.51. The first-order valence-corrected chi connectivity index (χ1v) is 9.05. The number of para-hydroxylation sites is 1. The van der Waals surface area contributed by atoms with Gasteiger partial charge in [-0.25, -0.2) is 14.1 Å². The molecule has 0 atom stereocenters. The molecule has 30 heavy (non-hydrogen) atoms. The number of furan rings is 1. The standard InChI is InChI=1S/C22H16FN3O4/c23-15-6-4-5-14(11-15)19-10-9-17(30-19)12-18-21(28)26(22(29)25-18)13-20(27)24-16-7-2-1-3-8-16/h1-12H,13H2,(H,24,27)(H,25,29)/b18-12-. The fourth-order valence-electron chi connectivity index (χ4n) is 2.95. The van der Waals surface area contributed by atoms with E-state index < -0.39 is 30.2 Å². The maximum Gasteiger partial charge on any atom is 0.329 e. The van der Waals surface area contributed by atoms with Crippen molar-refractivity contribution in [1.82, 2.24) is 10.2 Å². The minimum absolute atomic E-state index is 0.0207. The van der Waals surface area contributed by atoms with Crippen molar-refractivity contribution < 1.29 is 23.2 Å². The summed E-state index contributed by atoms with van der Waals surface area (Å²) in [5, 5.41) is 5.05. The summed E-state index contributed by atoms with van der Waals surface area (Å²) < 4.78 is 19.0. The van der Waals surface area contributed by atoms with Crippen molar-refractivity contribution in [3.8, 4) is 11.3 Å². The molecule has 1 saturated heterocycles. The SMILES string of the molecule is O=C(CN1C(=O)N/C(=C\c2ccc(-c3cccc(F)c3)o2)C1=O)Nc1ccccc1. The lowest BCUT2D eigenvalue weighted by Gasteiger charge is -2.11.